The van der Waals surface area contributed by atoms with Crippen LogP contribution >= 0.6 is 0 Å². The van der Waals surface area contributed by atoms with E-state index in [9.17, 15) is 22.8 Å². The van der Waals surface area contributed by atoms with Crippen molar-refractivity contribution in [2.45, 2.75) is 6.68 Å². The Morgan fingerprint density at radius 1 is 1.33 bits per heavy atom. The van der Waals surface area contributed by atoms with Crippen LogP contribution in [0.5, 0.6) is 0 Å². The van der Waals surface area contributed by atoms with Crippen LogP contribution in [0.2, 0.25) is 0 Å². The average Bonchev–Trinajstić information content (AvgIpc) is 2.08. The number of rotatable bonds is 0. The van der Waals surface area contributed by atoms with Crippen LogP contribution < -0.4 is 5.32 Å². The molecule has 0 saturated carbocycles. The highest BCUT2D eigenvalue weighted by molar-refractivity contribution is 6.14. The van der Waals surface area contributed by atoms with Crippen molar-refractivity contribution in [2.24, 2.45) is 0 Å². The molecule has 0 fully saturated rings. The van der Waals surface area contributed by atoms with Gasteiger partial charge in [-0.05, 0) is 0 Å². The molecular formula is C5H4F3NO3. The number of halogens is 3. The molecular weight excluding hydrogens is 179 g/mol. The monoisotopic (exact) mass is 183 g/mol. The van der Waals surface area contributed by atoms with Crippen molar-refractivity contribution in [1.82, 2.24) is 5.32 Å². The standard InChI is InChI=1S/C4H3NO3.CHF3/c6-2-1-3(7)5-4(2)8;2-1(3)4/h1H,(H2,5,6,7,8);1H. The Hall–Kier alpha value is -1.53. The average molecular weight is 183 g/mol. The van der Waals surface area contributed by atoms with Gasteiger partial charge in [0.25, 0.3) is 11.8 Å². The fourth-order valence-corrected chi connectivity index (χ4v) is 0.402. The van der Waals surface area contributed by atoms with Crippen LogP contribution in [0.25, 0.3) is 0 Å². The first-order chi connectivity index (χ1) is 5.43. The first-order valence-electron chi connectivity index (χ1n) is 2.61. The first-order valence-corrected chi connectivity index (χ1v) is 2.61. The van der Waals surface area contributed by atoms with Crippen LogP contribution in [0.1, 0.15) is 0 Å². The van der Waals surface area contributed by atoms with Gasteiger partial charge in [0, 0.05) is 0 Å². The Kier molecular flexibility index (Phi) is 3.81. The molecule has 0 bridgehead atoms. The second kappa shape index (κ2) is 4.37. The molecule has 0 aliphatic carbocycles. The van der Waals surface area contributed by atoms with Gasteiger partial charge < -0.3 is 5.11 Å². The Morgan fingerprint density at radius 3 is 1.83 bits per heavy atom. The number of amides is 2. The van der Waals surface area contributed by atoms with Crippen LogP contribution in [0.4, 0.5) is 13.2 Å². The normalized spacial score (nSPS) is 15.2. The van der Waals surface area contributed by atoms with Crippen molar-refractivity contribution in [2.75, 3.05) is 0 Å². The summed E-state index contributed by atoms with van der Waals surface area (Å²) >= 11 is 0. The van der Waals surface area contributed by atoms with Gasteiger partial charge in [-0.1, -0.05) is 0 Å². The topological polar surface area (TPSA) is 66.4 Å². The Morgan fingerprint density at radius 2 is 1.75 bits per heavy atom. The van der Waals surface area contributed by atoms with E-state index < -0.39 is 24.3 Å². The molecule has 68 valence electrons. The summed E-state index contributed by atoms with van der Waals surface area (Å²) in [5.74, 6) is -1.81. The van der Waals surface area contributed by atoms with Crippen molar-refractivity contribution in [3.8, 4) is 0 Å². The largest absolute Gasteiger partial charge is 0.503 e. The molecule has 0 aromatic carbocycles. The number of carbonyl (C=O) groups excluding carboxylic acids is 2. The van der Waals surface area contributed by atoms with Gasteiger partial charge in [-0.25, -0.2) is 0 Å². The molecule has 7 heteroatoms. The smallest absolute Gasteiger partial charge is 0.379 e. The van der Waals surface area contributed by atoms with Gasteiger partial charge in [-0.3, -0.25) is 14.9 Å². The van der Waals surface area contributed by atoms with Crippen LogP contribution in [0.15, 0.2) is 11.8 Å². The Labute approximate surface area is 64.7 Å². The van der Waals surface area contributed by atoms with E-state index in [2.05, 4.69) is 0 Å². The molecule has 0 aromatic rings. The number of hydrogen-bond donors (Lipinski definition) is 2. The molecule has 0 aromatic heterocycles. The highest BCUT2D eigenvalue weighted by atomic mass is 19.4. The second-order valence-corrected chi connectivity index (χ2v) is 1.60. The van der Waals surface area contributed by atoms with Crippen molar-refractivity contribution in [3.63, 3.8) is 0 Å². The Bertz CT molecular complexity index is 223. The number of alkyl halides is 3. The maximum Gasteiger partial charge on any atom is 0.379 e. The lowest BCUT2D eigenvalue weighted by Gasteiger charge is -1.83. The van der Waals surface area contributed by atoms with Gasteiger partial charge >= 0.3 is 6.68 Å². The van der Waals surface area contributed by atoms with Gasteiger partial charge in [-0.15, -0.1) is 0 Å². The van der Waals surface area contributed by atoms with Crippen LogP contribution in [-0.2, 0) is 9.59 Å². The number of hydrogen-bond acceptors (Lipinski definition) is 3. The van der Waals surface area contributed by atoms with Crippen LogP contribution in [-0.4, -0.2) is 23.6 Å². The van der Waals surface area contributed by atoms with E-state index in [1.54, 1.807) is 0 Å². The molecule has 0 radical (unpaired) electrons. The summed E-state index contributed by atoms with van der Waals surface area (Å²) in [6, 6.07) is 0. The van der Waals surface area contributed by atoms with E-state index in [4.69, 9.17) is 5.11 Å². The van der Waals surface area contributed by atoms with E-state index in [1.807, 2.05) is 5.32 Å². The predicted octanol–water partition coefficient (Wildman–Crippen LogP) is 0.263. The lowest BCUT2D eigenvalue weighted by molar-refractivity contribution is -0.124. The molecule has 2 N–H and O–H groups in total. The van der Waals surface area contributed by atoms with Crippen LogP contribution in [0.3, 0.4) is 0 Å². The maximum atomic E-state index is 10.1. The molecule has 0 saturated heterocycles. The summed E-state index contributed by atoms with van der Waals surface area (Å²) in [5.41, 5.74) is 0. The lowest BCUT2D eigenvalue weighted by Crippen LogP contribution is -2.21. The molecule has 0 atom stereocenters. The zero-order chi connectivity index (χ0) is 9.72. The molecule has 0 spiro atoms. The summed E-state index contributed by atoms with van der Waals surface area (Å²) in [6.45, 7) is -3.67. The first kappa shape index (κ1) is 10.5. The van der Waals surface area contributed by atoms with Gasteiger partial charge in [0.15, 0.2) is 5.76 Å². The van der Waals surface area contributed by atoms with E-state index in [-0.39, 0.29) is 0 Å². The summed E-state index contributed by atoms with van der Waals surface area (Å²) in [4.78, 5) is 20.2. The fraction of sp³-hybridized carbons (Fsp3) is 0.200. The summed E-state index contributed by atoms with van der Waals surface area (Å²) < 4.78 is 29.0. The number of carbonyl (C=O) groups is 2. The number of imide groups is 1. The highest BCUT2D eigenvalue weighted by Gasteiger charge is 2.18. The van der Waals surface area contributed by atoms with Crippen molar-refractivity contribution < 1.29 is 27.9 Å². The third kappa shape index (κ3) is 4.31. The Balaban J connectivity index is 0.000000261. The molecule has 0 unspecified atom stereocenters. The van der Waals surface area contributed by atoms with Gasteiger partial charge in [0.05, 0.1) is 6.08 Å². The summed E-state index contributed by atoms with van der Waals surface area (Å²) in [7, 11) is 0. The third-order valence-corrected chi connectivity index (χ3v) is 0.737. The van der Waals surface area contributed by atoms with Gasteiger partial charge in [0.1, 0.15) is 0 Å². The molecule has 1 rings (SSSR count). The predicted molar refractivity (Wildman–Crippen MR) is 31.0 cm³/mol. The SMILES string of the molecule is FC(F)F.O=C1C=C(O)C(=O)N1. The van der Waals surface area contributed by atoms with Crippen molar-refractivity contribution in [1.29, 1.82) is 0 Å². The molecule has 12 heavy (non-hydrogen) atoms. The molecule has 1 heterocycles. The maximum absolute atomic E-state index is 10.1. The van der Waals surface area contributed by atoms with Crippen LogP contribution in [0, 0.1) is 0 Å². The number of aliphatic hydroxyl groups is 1. The molecule has 1 aliphatic heterocycles. The minimum Gasteiger partial charge on any atom is -0.503 e. The van der Waals surface area contributed by atoms with Crippen molar-refractivity contribution in [3.05, 3.63) is 11.8 Å². The van der Waals surface area contributed by atoms with E-state index in [0.717, 1.165) is 6.08 Å². The van der Waals surface area contributed by atoms with E-state index >= 15 is 0 Å². The number of nitrogens with one attached hydrogen (secondary N) is 1. The number of aliphatic hydroxyl groups excluding tert-OH is 1. The van der Waals surface area contributed by atoms with Gasteiger partial charge in [0.2, 0.25) is 0 Å². The zero-order valence-electron chi connectivity index (χ0n) is 5.55. The molecule has 1 aliphatic rings. The van der Waals surface area contributed by atoms with Crippen molar-refractivity contribution >= 4 is 11.8 Å². The zero-order valence-corrected chi connectivity index (χ0v) is 5.55. The van der Waals surface area contributed by atoms with E-state index in [1.165, 1.54) is 0 Å². The minimum atomic E-state index is -3.67. The van der Waals surface area contributed by atoms with E-state index in [0.29, 0.717) is 0 Å². The summed E-state index contributed by atoms with van der Waals surface area (Å²) in [6.07, 6.45) is 0.836. The minimum absolute atomic E-state index is 0.519. The quantitative estimate of drug-likeness (QED) is 0.529. The molecule has 4 nitrogen and oxygen atoms in total. The second-order valence-electron chi connectivity index (χ2n) is 1.60. The van der Waals surface area contributed by atoms with Gasteiger partial charge in [-0.2, -0.15) is 13.2 Å². The fourth-order valence-electron chi connectivity index (χ4n) is 0.402. The molecule has 2 amide bonds. The summed E-state index contributed by atoms with van der Waals surface area (Å²) in [5, 5.41) is 10.2. The third-order valence-electron chi connectivity index (χ3n) is 0.737. The lowest BCUT2D eigenvalue weighted by atomic mass is 10.5. The highest BCUT2D eigenvalue weighted by Crippen LogP contribution is 1.94.